The second-order valence-electron chi connectivity index (χ2n) is 25.6. The summed E-state index contributed by atoms with van der Waals surface area (Å²) in [6, 6.07) is 49.7. The molecule has 366 valence electrons. The number of benzene rings is 7. The number of phenols is 1. The Morgan fingerprint density at radius 3 is 1.83 bits per heavy atom. The Bertz CT molecular complexity index is 3740. The van der Waals surface area contributed by atoms with Crippen LogP contribution < -0.4 is 0 Å². The Morgan fingerprint density at radius 1 is 0.500 bits per heavy atom. The molecule has 0 spiro atoms. The molecule has 3 aromatic heterocycles. The summed E-state index contributed by atoms with van der Waals surface area (Å²) < 4.78 is 5.22. The van der Waals surface area contributed by atoms with Gasteiger partial charge in [0.25, 0.3) is 0 Å². The van der Waals surface area contributed by atoms with Crippen LogP contribution >= 0.6 is 0 Å². The van der Waals surface area contributed by atoms with Crippen LogP contribution in [0.15, 0.2) is 140 Å². The zero-order valence-corrected chi connectivity index (χ0v) is 46.9. The summed E-state index contributed by atoms with van der Waals surface area (Å²) in [5.74, 6) is 0.971. The number of hydrogen-bond acceptors (Lipinski definition) is 3. The van der Waals surface area contributed by atoms with Crippen LogP contribution in [0, 0.1) is 5.41 Å². The monoisotopic (exact) mass is 1010 g/mol. The molecule has 0 saturated carbocycles. The molecule has 0 saturated heterocycles. The van der Waals surface area contributed by atoms with Crippen LogP contribution in [0.3, 0.4) is 0 Å². The number of hydrogen-bond donors (Lipinski definition) is 1. The van der Waals surface area contributed by atoms with Crippen molar-refractivity contribution in [2.45, 2.75) is 132 Å². The van der Waals surface area contributed by atoms with E-state index < -0.39 is 0 Å². The van der Waals surface area contributed by atoms with E-state index in [0.29, 0.717) is 5.82 Å². The number of aromatic hydroxyl groups is 1. The van der Waals surface area contributed by atoms with Crippen molar-refractivity contribution >= 4 is 55.6 Å². The Kier molecular flexibility index (Phi) is 12.0. The number of pyridine rings is 1. The van der Waals surface area contributed by atoms with Gasteiger partial charge in [0.15, 0.2) is 0 Å². The molecule has 4 nitrogen and oxygen atoms in total. The second kappa shape index (κ2) is 17.5. The quantitative estimate of drug-likeness (QED) is 0.169. The predicted octanol–water partition coefficient (Wildman–Crippen LogP) is 18.1. The van der Waals surface area contributed by atoms with E-state index in [4.69, 9.17) is 9.97 Å². The summed E-state index contributed by atoms with van der Waals surface area (Å²) in [6.07, 6.45) is 3.07. The number of para-hydroxylation sites is 1. The SMILES string of the molecule is CC(C)(C)Cc1ccc2[se]c3c4ccnc(-c5cc(-c6cccc7c6nc(-c6cc(C(C)(C)C)cc(C(C)(C)C)c6O)n7-c6ccc(C(C)(C)C)cc6-c6ccccc6)cc(C(C)(C)C)c5)c4ccc3c2c1. The van der Waals surface area contributed by atoms with Crippen molar-refractivity contribution < 1.29 is 5.11 Å². The van der Waals surface area contributed by atoms with E-state index in [1.807, 2.05) is 6.20 Å². The van der Waals surface area contributed by atoms with Crippen molar-refractivity contribution in [1.29, 1.82) is 0 Å². The fourth-order valence-corrected chi connectivity index (χ4v) is 13.0. The molecule has 10 rings (SSSR count). The maximum atomic E-state index is 12.7. The van der Waals surface area contributed by atoms with Gasteiger partial charge >= 0.3 is 259 Å². The van der Waals surface area contributed by atoms with Crippen LogP contribution in [0.5, 0.6) is 5.75 Å². The van der Waals surface area contributed by atoms with E-state index in [0.717, 1.165) is 73.3 Å². The molecule has 0 atom stereocenters. The fourth-order valence-electron chi connectivity index (χ4n) is 10.5. The summed E-state index contributed by atoms with van der Waals surface area (Å²) in [5, 5.41) is 17.9. The third kappa shape index (κ3) is 9.13. The molecule has 0 aliphatic rings. The van der Waals surface area contributed by atoms with E-state index in [-0.39, 0.29) is 47.3 Å². The van der Waals surface area contributed by atoms with E-state index in [1.54, 1.807) is 0 Å². The fraction of sp³-hybridized carbons (Fsp3) is 0.313. The first-order valence-corrected chi connectivity index (χ1v) is 27.5. The van der Waals surface area contributed by atoms with Crippen molar-refractivity contribution in [2.24, 2.45) is 5.41 Å². The molecule has 7 aromatic carbocycles. The Labute approximate surface area is 434 Å². The predicted molar refractivity (Wildman–Crippen MR) is 310 cm³/mol. The van der Waals surface area contributed by atoms with E-state index in [9.17, 15) is 5.11 Å². The number of nitrogens with zero attached hydrogens (tertiary/aromatic N) is 3. The van der Waals surface area contributed by atoms with Crippen LogP contribution in [0.2, 0.25) is 0 Å². The van der Waals surface area contributed by atoms with Gasteiger partial charge in [-0.3, -0.25) is 0 Å². The van der Waals surface area contributed by atoms with Gasteiger partial charge < -0.3 is 5.11 Å². The first-order valence-electron chi connectivity index (χ1n) is 25.7. The summed E-state index contributed by atoms with van der Waals surface area (Å²) in [4.78, 5) is 11.0. The first kappa shape index (κ1) is 49.3. The van der Waals surface area contributed by atoms with Crippen molar-refractivity contribution in [2.75, 3.05) is 0 Å². The Morgan fingerprint density at radius 2 is 1.15 bits per heavy atom. The molecule has 0 unspecified atom stereocenters. The second-order valence-corrected chi connectivity index (χ2v) is 27.8. The Hall–Kier alpha value is -6.26. The number of fused-ring (bicyclic) bond motifs is 6. The van der Waals surface area contributed by atoms with Crippen LogP contribution in [-0.4, -0.2) is 34.1 Å². The number of imidazole rings is 1. The maximum absolute atomic E-state index is 12.7. The van der Waals surface area contributed by atoms with E-state index in [2.05, 4.69) is 242 Å². The Balaban J connectivity index is 1.25. The molecular formula is C67H71N3OSe. The van der Waals surface area contributed by atoms with Crippen molar-refractivity contribution in [3.05, 3.63) is 167 Å². The van der Waals surface area contributed by atoms with Crippen LogP contribution in [0.25, 0.3) is 91.7 Å². The average Bonchev–Trinajstić information content (AvgIpc) is 3.88. The number of aromatic nitrogens is 3. The standard InChI is InChI=1S/C67H71N3OSe/c1-63(2,3)39-40-24-29-57-52(32-40)49-27-26-48-50(61(49)72-57)30-31-68-58(48)43-33-42(34-45(35-43)65(7,8)9)47-22-19-23-56-59(47)69-62(53-37-46(66(10,11)12)38-54(60(53)71)67(13,14)15)70(56)55-28-25-44(64(4,5)6)36-51(55)41-20-17-16-18-21-41/h16-38,71H,39H2,1-15H3. The van der Waals surface area contributed by atoms with Gasteiger partial charge in [0.2, 0.25) is 0 Å². The van der Waals surface area contributed by atoms with Crippen LogP contribution in [0.4, 0.5) is 0 Å². The van der Waals surface area contributed by atoms with Gasteiger partial charge in [-0.1, -0.05) is 105 Å². The van der Waals surface area contributed by atoms with Gasteiger partial charge in [0.05, 0.1) is 0 Å². The third-order valence-corrected chi connectivity index (χ3v) is 17.0. The van der Waals surface area contributed by atoms with Crippen molar-refractivity contribution in [1.82, 2.24) is 14.5 Å². The number of rotatable bonds is 6. The molecule has 5 heteroatoms. The van der Waals surface area contributed by atoms with Crippen LogP contribution in [0.1, 0.15) is 132 Å². The summed E-state index contributed by atoms with van der Waals surface area (Å²) in [7, 11) is 0. The molecule has 10 aromatic rings. The zero-order valence-electron chi connectivity index (χ0n) is 45.2. The average molecular weight is 1010 g/mol. The summed E-state index contributed by atoms with van der Waals surface area (Å²) in [6.45, 7) is 33.9. The van der Waals surface area contributed by atoms with E-state index >= 15 is 0 Å². The van der Waals surface area contributed by atoms with Gasteiger partial charge in [-0.25, -0.2) is 0 Å². The molecule has 0 bridgehead atoms. The summed E-state index contributed by atoms with van der Waals surface area (Å²) >= 11 is 0.190. The van der Waals surface area contributed by atoms with Gasteiger partial charge in [-0.05, 0) is 51.1 Å². The number of phenolic OH excluding ortho intramolecular Hbond substituents is 1. The van der Waals surface area contributed by atoms with Crippen LogP contribution in [-0.2, 0) is 28.1 Å². The molecule has 0 fully saturated rings. The molecule has 3 heterocycles. The third-order valence-electron chi connectivity index (χ3n) is 14.5. The van der Waals surface area contributed by atoms with Crippen molar-refractivity contribution in [3.8, 4) is 56.3 Å². The molecular weight excluding hydrogens is 942 g/mol. The van der Waals surface area contributed by atoms with Gasteiger partial charge in [0.1, 0.15) is 5.75 Å². The van der Waals surface area contributed by atoms with E-state index in [1.165, 1.54) is 46.8 Å². The molecule has 0 aliphatic carbocycles. The minimum atomic E-state index is -0.328. The molecule has 0 amide bonds. The summed E-state index contributed by atoms with van der Waals surface area (Å²) in [5.41, 5.74) is 15.4. The van der Waals surface area contributed by atoms with Crippen molar-refractivity contribution in [3.63, 3.8) is 0 Å². The molecule has 72 heavy (non-hydrogen) atoms. The molecule has 0 radical (unpaired) electrons. The first-order chi connectivity index (χ1) is 33.7. The zero-order chi connectivity index (χ0) is 51.4. The topological polar surface area (TPSA) is 50.9 Å². The minimum absolute atomic E-state index is 0.0768. The normalized spacial score (nSPS) is 13.0. The van der Waals surface area contributed by atoms with Gasteiger partial charge in [0, 0.05) is 11.1 Å². The van der Waals surface area contributed by atoms with Gasteiger partial charge in [-0.2, -0.15) is 0 Å². The molecule has 1 N–H and O–H groups in total. The molecule has 0 aliphatic heterocycles. The van der Waals surface area contributed by atoms with Gasteiger partial charge in [-0.15, -0.1) is 0 Å².